The monoisotopic (exact) mass is 425 g/mol. The van der Waals surface area contributed by atoms with Gasteiger partial charge in [-0.25, -0.2) is 4.98 Å². The molecule has 31 heavy (non-hydrogen) atoms. The third kappa shape index (κ3) is 4.36. The third-order valence-corrected chi connectivity index (χ3v) is 7.53. The van der Waals surface area contributed by atoms with E-state index in [1.54, 1.807) is 0 Å². The number of carbonyl (C=O) groups is 1. The Balaban J connectivity index is 1.30. The normalized spacial score (nSPS) is 22.9. The van der Waals surface area contributed by atoms with Crippen molar-refractivity contribution in [3.8, 4) is 0 Å². The molecule has 168 valence electrons. The van der Waals surface area contributed by atoms with Crippen molar-refractivity contribution < 1.29 is 9.53 Å². The van der Waals surface area contributed by atoms with Gasteiger partial charge in [-0.05, 0) is 76.8 Å². The standard InChI is InChI=1S/C24H35N5O2/c1-19(27-9-4-5-10-27)20-7-12-26(13-8-20)18-21-23(24(30)28-14-16-31-17-15-28)25-22-6-2-3-11-29(21)22/h2-3,6,11,19-20H,4-5,7-10,12-18H2,1H3/t19-/m0/s1. The van der Waals surface area contributed by atoms with Crippen LogP contribution in [-0.2, 0) is 11.3 Å². The van der Waals surface area contributed by atoms with Crippen LogP contribution in [0.15, 0.2) is 24.4 Å². The van der Waals surface area contributed by atoms with E-state index < -0.39 is 0 Å². The number of amides is 1. The highest BCUT2D eigenvalue weighted by Gasteiger charge is 2.31. The Kier molecular flexibility index (Phi) is 6.25. The van der Waals surface area contributed by atoms with E-state index in [4.69, 9.17) is 9.72 Å². The average Bonchev–Trinajstić information content (AvgIpc) is 3.48. The second kappa shape index (κ2) is 9.27. The van der Waals surface area contributed by atoms with Crippen LogP contribution in [0, 0.1) is 5.92 Å². The highest BCUT2D eigenvalue weighted by Crippen LogP contribution is 2.28. The van der Waals surface area contributed by atoms with E-state index in [0.29, 0.717) is 38.0 Å². The summed E-state index contributed by atoms with van der Waals surface area (Å²) in [6.45, 7) is 10.4. The molecule has 3 aliphatic heterocycles. The predicted octanol–water partition coefficient (Wildman–Crippen LogP) is 2.50. The van der Waals surface area contributed by atoms with Crippen molar-refractivity contribution in [2.75, 3.05) is 52.5 Å². The lowest BCUT2D eigenvalue weighted by molar-refractivity contribution is 0.0297. The van der Waals surface area contributed by atoms with Crippen LogP contribution in [0.1, 0.15) is 48.8 Å². The van der Waals surface area contributed by atoms with Crippen molar-refractivity contribution in [2.24, 2.45) is 5.92 Å². The van der Waals surface area contributed by atoms with Crippen LogP contribution in [0.2, 0.25) is 0 Å². The van der Waals surface area contributed by atoms with Gasteiger partial charge in [0.15, 0.2) is 5.69 Å². The minimum absolute atomic E-state index is 0.0412. The Morgan fingerprint density at radius 3 is 2.58 bits per heavy atom. The lowest BCUT2D eigenvalue weighted by Crippen LogP contribution is -2.43. The van der Waals surface area contributed by atoms with Gasteiger partial charge in [0.1, 0.15) is 5.65 Å². The molecule has 1 amide bonds. The number of carbonyl (C=O) groups excluding carboxylic acids is 1. The largest absolute Gasteiger partial charge is 0.378 e. The second-order valence-corrected chi connectivity index (χ2v) is 9.34. The molecule has 5 heterocycles. The van der Waals surface area contributed by atoms with Crippen molar-refractivity contribution >= 4 is 11.6 Å². The van der Waals surface area contributed by atoms with Crippen molar-refractivity contribution in [3.05, 3.63) is 35.8 Å². The molecular formula is C24H35N5O2. The van der Waals surface area contributed by atoms with Crippen molar-refractivity contribution in [1.29, 1.82) is 0 Å². The minimum Gasteiger partial charge on any atom is -0.378 e. The molecule has 5 rings (SSSR count). The van der Waals surface area contributed by atoms with Crippen molar-refractivity contribution in [2.45, 2.75) is 45.2 Å². The van der Waals surface area contributed by atoms with E-state index >= 15 is 0 Å². The summed E-state index contributed by atoms with van der Waals surface area (Å²) in [5.41, 5.74) is 2.49. The first-order valence-corrected chi connectivity index (χ1v) is 12.0. The van der Waals surface area contributed by atoms with Crippen molar-refractivity contribution in [3.63, 3.8) is 0 Å². The maximum atomic E-state index is 13.3. The molecule has 1 atom stereocenters. The van der Waals surface area contributed by atoms with Gasteiger partial charge in [-0.1, -0.05) is 6.07 Å². The lowest BCUT2D eigenvalue weighted by Gasteiger charge is -2.38. The minimum atomic E-state index is 0.0412. The van der Waals surface area contributed by atoms with E-state index in [1.807, 2.05) is 29.3 Å². The van der Waals surface area contributed by atoms with Gasteiger partial charge in [-0.3, -0.25) is 9.69 Å². The molecule has 7 heteroatoms. The first kappa shape index (κ1) is 20.9. The molecule has 0 bridgehead atoms. The zero-order valence-electron chi connectivity index (χ0n) is 18.7. The molecule has 7 nitrogen and oxygen atoms in total. The molecule has 0 spiro atoms. The summed E-state index contributed by atoms with van der Waals surface area (Å²) in [5.74, 6) is 0.825. The van der Waals surface area contributed by atoms with Gasteiger partial charge in [-0.2, -0.15) is 0 Å². The number of hydrogen-bond donors (Lipinski definition) is 0. The Bertz CT molecular complexity index is 893. The number of hydrogen-bond acceptors (Lipinski definition) is 5. The number of likely N-dealkylation sites (tertiary alicyclic amines) is 2. The number of aromatic nitrogens is 2. The molecule has 0 aromatic carbocycles. The number of imidazole rings is 1. The highest BCUT2D eigenvalue weighted by molar-refractivity contribution is 5.94. The maximum absolute atomic E-state index is 13.3. The predicted molar refractivity (Wildman–Crippen MR) is 120 cm³/mol. The number of rotatable bonds is 5. The molecule has 0 aliphatic carbocycles. The van der Waals surface area contributed by atoms with Crippen LogP contribution in [0.3, 0.4) is 0 Å². The van der Waals surface area contributed by atoms with Gasteiger partial charge in [-0.15, -0.1) is 0 Å². The van der Waals surface area contributed by atoms with Crippen LogP contribution in [0.5, 0.6) is 0 Å². The first-order valence-electron chi connectivity index (χ1n) is 12.0. The SMILES string of the molecule is C[C@@H](C1CCN(Cc2c(C(=O)N3CCOCC3)nc3ccccn23)CC1)N1CCCC1. The number of pyridine rings is 1. The Labute approximate surface area is 185 Å². The summed E-state index contributed by atoms with van der Waals surface area (Å²) in [6, 6.07) is 6.69. The molecule has 0 saturated carbocycles. The third-order valence-electron chi connectivity index (χ3n) is 7.53. The van der Waals surface area contributed by atoms with Crippen LogP contribution in [0.25, 0.3) is 5.65 Å². The lowest BCUT2D eigenvalue weighted by atomic mass is 9.89. The molecule has 0 N–H and O–H groups in total. The molecule has 0 radical (unpaired) electrons. The smallest absolute Gasteiger partial charge is 0.274 e. The van der Waals surface area contributed by atoms with Crippen molar-refractivity contribution in [1.82, 2.24) is 24.1 Å². The van der Waals surface area contributed by atoms with Crippen LogP contribution < -0.4 is 0 Å². The molecule has 3 saturated heterocycles. The second-order valence-electron chi connectivity index (χ2n) is 9.34. The quantitative estimate of drug-likeness (QED) is 0.737. The summed E-state index contributed by atoms with van der Waals surface area (Å²) < 4.78 is 7.54. The molecular weight excluding hydrogens is 390 g/mol. The zero-order valence-corrected chi connectivity index (χ0v) is 18.7. The molecule has 2 aromatic heterocycles. The van der Waals surface area contributed by atoms with Gasteiger partial charge in [0.25, 0.3) is 5.91 Å². The number of morpholine rings is 1. The number of fused-ring (bicyclic) bond motifs is 1. The zero-order chi connectivity index (χ0) is 21.2. The number of piperidine rings is 1. The van der Waals surface area contributed by atoms with E-state index in [0.717, 1.165) is 36.9 Å². The summed E-state index contributed by atoms with van der Waals surface area (Å²) in [6.07, 6.45) is 7.23. The summed E-state index contributed by atoms with van der Waals surface area (Å²) >= 11 is 0. The van der Waals surface area contributed by atoms with Gasteiger partial charge < -0.3 is 18.9 Å². The van der Waals surface area contributed by atoms with Crippen LogP contribution in [0.4, 0.5) is 0 Å². The first-order chi connectivity index (χ1) is 15.2. The molecule has 0 unspecified atom stereocenters. The Morgan fingerprint density at radius 2 is 1.84 bits per heavy atom. The van der Waals surface area contributed by atoms with Gasteiger partial charge >= 0.3 is 0 Å². The molecule has 3 fully saturated rings. The summed E-state index contributed by atoms with van der Waals surface area (Å²) in [7, 11) is 0. The highest BCUT2D eigenvalue weighted by atomic mass is 16.5. The summed E-state index contributed by atoms with van der Waals surface area (Å²) in [5, 5.41) is 0. The Morgan fingerprint density at radius 1 is 1.10 bits per heavy atom. The van der Waals surface area contributed by atoms with E-state index in [1.165, 1.54) is 38.8 Å². The fourth-order valence-electron chi connectivity index (χ4n) is 5.54. The van der Waals surface area contributed by atoms with E-state index in [-0.39, 0.29) is 5.91 Å². The van der Waals surface area contributed by atoms with Crippen LogP contribution >= 0.6 is 0 Å². The fourth-order valence-corrected chi connectivity index (χ4v) is 5.54. The van der Waals surface area contributed by atoms with Gasteiger partial charge in [0.2, 0.25) is 0 Å². The fraction of sp³-hybridized carbons (Fsp3) is 0.667. The van der Waals surface area contributed by atoms with Crippen LogP contribution in [-0.4, -0.2) is 88.5 Å². The molecule has 2 aromatic rings. The maximum Gasteiger partial charge on any atom is 0.274 e. The van der Waals surface area contributed by atoms with Gasteiger partial charge in [0.05, 0.1) is 18.9 Å². The summed E-state index contributed by atoms with van der Waals surface area (Å²) in [4.78, 5) is 25.1. The number of ether oxygens (including phenoxy) is 1. The van der Waals surface area contributed by atoms with E-state index in [9.17, 15) is 4.79 Å². The van der Waals surface area contributed by atoms with E-state index in [2.05, 4.69) is 21.1 Å². The topological polar surface area (TPSA) is 53.3 Å². The number of nitrogens with zero attached hydrogens (tertiary/aromatic N) is 5. The van der Waals surface area contributed by atoms with Gasteiger partial charge in [0, 0.05) is 31.9 Å². The average molecular weight is 426 g/mol. The Hall–Kier alpha value is -1.96. The molecule has 3 aliphatic rings.